The van der Waals surface area contributed by atoms with E-state index in [2.05, 4.69) is 34.5 Å². The third-order valence-electron chi connectivity index (χ3n) is 5.01. The van der Waals surface area contributed by atoms with E-state index in [1.54, 1.807) is 25.3 Å². The summed E-state index contributed by atoms with van der Waals surface area (Å²) in [6.45, 7) is 6.65. The molecule has 5 heteroatoms. The van der Waals surface area contributed by atoms with Crippen molar-refractivity contribution >= 4 is 5.91 Å². The number of carbonyl (C=O) groups excluding carboxylic acids is 1. The van der Waals surface area contributed by atoms with Gasteiger partial charge in [-0.2, -0.15) is 0 Å². The van der Waals surface area contributed by atoms with Crippen molar-refractivity contribution < 1.29 is 14.3 Å². The predicted octanol–water partition coefficient (Wildman–Crippen LogP) is 4.05. The third-order valence-corrected chi connectivity index (χ3v) is 5.01. The highest BCUT2D eigenvalue weighted by Gasteiger charge is 2.24. The molecule has 0 bridgehead atoms. The second kappa shape index (κ2) is 9.60. The SMILES string of the molecule is COc1cc(C(=O)NCC(c2ccccc2)N2CCCC2)ccc1OC(C)C. The van der Waals surface area contributed by atoms with E-state index in [1.165, 1.54) is 18.4 Å². The second-order valence-electron chi connectivity index (χ2n) is 7.41. The lowest BCUT2D eigenvalue weighted by atomic mass is 10.1. The molecule has 0 saturated carbocycles. The lowest BCUT2D eigenvalue weighted by Gasteiger charge is -2.28. The maximum atomic E-state index is 12.8. The Morgan fingerprint density at radius 1 is 1.07 bits per heavy atom. The average molecular weight is 383 g/mol. The first-order valence-electron chi connectivity index (χ1n) is 10.0. The van der Waals surface area contributed by atoms with Gasteiger partial charge in [0.15, 0.2) is 11.5 Å². The summed E-state index contributed by atoms with van der Waals surface area (Å²) in [5, 5.41) is 3.11. The summed E-state index contributed by atoms with van der Waals surface area (Å²) in [6.07, 6.45) is 2.47. The standard InChI is InChI=1S/C23H30N2O3/c1-17(2)28-21-12-11-19(15-22(21)27-3)23(26)24-16-20(25-13-7-8-14-25)18-9-5-4-6-10-18/h4-6,9-12,15,17,20H,7-8,13-14,16H2,1-3H3,(H,24,26). The van der Waals surface area contributed by atoms with Gasteiger partial charge in [0.05, 0.1) is 19.3 Å². The first-order valence-corrected chi connectivity index (χ1v) is 10.0. The minimum atomic E-state index is -0.102. The van der Waals surface area contributed by atoms with Crippen LogP contribution in [0.5, 0.6) is 11.5 Å². The fourth-order valence-electron chi connectivity index (χ4n) is 3.64. The number of amides is 1. The van der Waals surface area contributed by atoms with E-state index in [-0.39, 0.29) is 18.1 Å². The summed E-state index contributed by atoms with van der Waals surface area (Å²) in [5.41, 5.74) is 1.81. The number of methoxy groups -OCH3 is 1. The van der Waals surface area contributed by atoms with Crippen LogP contribution in [0.4, 0.5) is 0 Å². The van der Waals surface area contributed by atoms with Crippen molar-refractivity contribution in [2.24, 2.45) is 0 Å². The van der Waals surface area contributed by atoms with Gasteiger partial charge in [-0.1, -0.05) is 30.3 Å². The van der Waals surface area contributed by atoms with Crippen molar-refractivity contribution in [3.8, 4) is 11.5 Å². The van der Waals surface area contributed by atoms with Crippen molar-refractivity contribution in [1.29, 1.82) is 0 Å². The summed E-state index contributed by atoms with van der Waals surface area (Å²) >= 11 is 0. The number of nitrogens with zero attached hydrogens (tertiary/aromatic N) is 1. The molecule has 28 heavy (non-hydrogen) atoms. The van der Waals surface area contributed by atoms with Crippen molar-refractivity contribution in [3.63, 3.8) is 0 Å². The monoisotopic (exact) mass is 382 g/mol. The third kappa shape index (κ3) is 5.04. The zero-order valence-electron chi connectivity index (χ0n) is 17.0. The molecular weight excluding hydrogens is 352 g/mol. The second-order valence-corrected chi connectivity index (χ2v) is 7.41. The van der Waals surface area contributed by atoms with E-state index in [9.17, 15) is 4.79 Å². The molecule has 0 spiro atoms. The van der Waals surface area contributed by atoms with Gasteiger partial charge < -0.3 is 14.8 Å². The minimum Gasteiger partial charge on any atom is -0.493 e. The molecule has 150 valence electrons. The molecule has 0 aromatic heterocycles. The summed E-state index contributed by atoms with van der Waals surface area (Å²) in [4.78, 5) is 15.2. The molecule has 2 aromatic rings. The van der Waals surface area contributed by atoms with Crippen molar-refractivity contribution in [2.45, 2.75) is 38.8 Å². The minimum absolute atomic E-state index is 0.0423. The van der Waals surface area contributed by atoms with Crippen LogP contribution in [0.25, 0.3) is 0 Å². The molecule has 1 atom stereocenters. The van der Waals surface area contributed by atoms with Gasteiger partial charge in [-0.25, -0.2) is 0 Å². The van der Waals surface area contributed by atoms with Gasteiger partial charge in [-0.15, -0.1) is 0 Å². The van der Waals surface area contributed by atoms with Crippen LogP contribution in [0.2, 0.25) is 0 Å². The maximum absolute atomic E-state index is 12.8. The number of carbonyl (C=O) groups is 1. The Balaban J connectivity index is 1.70. The number of likely N-dealkylation sites (tertiary alicyclic amines) is 1. The lowest BCUT2D eigenvalue weighted by molar-refractivity contribution is 0.0937. The van der Waals surface area contributed by atoms with E-state index in [0.29, 0.717) is 23.6 Å². The topological polar surface area (TPSA) is 50.8 Å². The zero-order valence-corrected chi connectivity index (χ0v) is 17.0. The Bertz CT molecular complexity index is 771. The van der Waals surface area contributed by atoms with Gasteiger partial charge in [0.25, 0.3) is 5.91 Å². The first-order chi connectivity index (χ1) is 13.6. The van der Waals surface area contributed by atoms with Crippen molar-refractivity contribution in [3.05, 3.63) is 59.7 Å². The highest BCUT2D eigenvalue weighted by molar-refractivity contribution is 5.94. The Kier molecular flexibility index (Phi) is 6.93. The van der Waals surface area contributed by atoms with Crippen LogP contribution in [0.15, 0.2) is 48.5 Å². The molecule has 1 N–H and O–H groups in total. The fraction of sp³-hybridized carbons (Fsp3) is 0.435. The molecule has 1 saturated heterocycles. The molecule has 1 unspecified atom stereocenters. The number of nitrogens with one attached hydrogen (secondary N) is 1. The van der Waals surface area contributed by atoms with Crippen LogP contribution in [0.3, 0.4) is 0 Å². The largest absolute Gasteiger partial charge is 0.493 e. The van der Waals surface area contributed by atoms with Gasteiger partial charge in [0, 0.05) is 12.1 Å². The van der Waals surface area contributed by atoms with Crippen LogP contribution < -0.4 is 14.8 Å². The Labute approximate surface area is 167 Å². The van der Waals surface area contributed by atoms with E-state index >= 15 is 0 Å². The molecular formula is C23H30N2O3. The molecule has 1 aliphatic heterocycles. The predicted molar refractivity (Wildman–Crippen MR) is 111 cm³/mol. The number of rotatable bonds is 8. The van der Waals surface area contributed by atoms with E-state index in [1.807, 2.05) is 19.9 Å². The van der Waals surface area contributed by atoms with Gasteiger partial charge in [-0.3, -0.25) is 9.69 Å². The van der Waals surface area contributed by atoms with E-state index < -0.39 is 0 Å². The highest BCUT2D eigenvalue weighted by Crippen LogP contribution is 2.29. The van der Waals surface area contributed by atoms with E-state index in [0.717, 1.165) is 13.1 Å². The average Bonchev–Trinajstić information content (AvgIpc) is 3.23. The van der Waals surface area contributed by atoms with Crippen LogP contribution in [0.1, 0.15) is 48.7 Å². The normalized spacial score (nSPS) is 15.4. The van der Waals surface area contributed by atoms with Gasteiger partial charge in [0.1, 0.15) is 0 Å². The molecule has 1 fully saturated rings. The molecule has 0 radical (unpaired) electrons. The zero-order chi connectivity index (χ0) is 19.9. The molecule has 3 rings (SSSR count). The van der Waals surface area contributed by atoms with Gasteiger partial charge >= 0.3 is 0 Å². The summed E-state index contributed by atoms with van der Waals surface area (Å²) in [7, 11) is 1.59. The number of benzene rings is 2. The first kappa shape index (κ1) is 20.2. The smallest absolute Gasteiger partial charge is 0.251 e. The number of hydrogen-bond donors (Lipinski definition) is 1. The Morgan fingerprint density at radius 2 is 1.79 bits per heavy atom. The van der Waals surface area contributed by atoms with Crippen LogP contribution in [-0.2, 0) is 0 Å². The van der Waals surface area contributed by atoms with Crippen LogP contribution in [0, 0.1) is 0 Å². The summed E-state index contributed by atoms with van der Waals surface area (Å²) in [5.74, 6) is 1.11. The van der Waals surface area contributed by atoms with E-state index in [4.69, 9.17) is 9.47 Å². The fourth-order valence-corrected chi connectivity index (χ4v) is 3.64. The quantitative estimate of drug-likeness (QED) is 0.748. The molecule has 5 nitrogen and oxygen atoms in total. The highest BCUT2D eigenvalue weighted by atomic mass is 16.5. The van der Waals surface area contributed by atoms with Crippen molar-refractivity contribution in [2.75, 3.05) is 26.7 Å². The Morgan fingerprint density at radius 3 is 2.43 bits per heavy atom. The molecule has 0 aliphatic carbocycles. The molecule has 1 aliphatic rings. The van der Waals surface area contributed by atoms with Gasteiger partial charge in [-0.05, 0) is 63.5 Å². The molecule has 1 amide bonds. The maximum Gasteiger partial charge on any atom is 0.251 e. The lowest BCUT2D eigenvalue weighted by Crippen LogP contribution is -2.36. The van der Waals surface area contributed by atoms with Crippen LogP contribution in [-0.4, -0.2) is 43.7 Å². The molecule has 2 aromatic carbocycles. The number of hydrogen-bond acceptors (Lipinski definition) is 4. The number of ether oxygens (including phenoxy) is 2. The summed E-state index contributed by atoms with van der Waals surface area (Å²) in [6, 6.07) is 15.9. The Hall–Kier alpha value is -2.53. The summed E-state index contributed by atoms with van der Waals surface area (Å²) < 4.78 is 11.1. The molecule has 1 heterocycles. The van der Waals surface area contributed by atoms with Gasteiger partial charge in [0.2, 0.25) is 0 Å². The van der Waals surface area contributed by atoms with Crippen molar-refractivity contribution in [1.82, 2.24) is 10.2 Å². The van der Waals surface area contributed by atoms with Crippen LogP contribution >= 0.6 is 0 Å².